The van der Waals surface area contributed by atoms with Gasteiger partial charge in [0.1, 0.15) is 11.6 Å². The lowest BCUT2D eigenvalue weighted by molar-refractivity contribution is 0.381. The van der Waals surface area contributed by atoms with Gasteiger partial charge in [-0.05, 0) is 19.1 Å². The number of hydrogen-bond acceptors (Lipinski definition) is 8. The minimum absolute atomic E-state index is 0.385. The molecule has 3 aromatic heterocycles. The molecule has 0 atom stereocenters. The first kappa shape index (κ1) is 15.0. The van der Waals surface area contributed by atoms with Crippen molar-refractivity contribution in [3.8, 4) is 11.4 Å². The van der Waals surface area contributed by atoms with E-state index in [-0.39, 0.29) is 0 Å². The molecule has 3 aromatic rings. The van der Waals surface area contributed by atoms with E-state index in [4.69, 9.17) is 10.3 Å². The van der Waals surface area contributed by atoms with Gasteiger partial charge in [-0.1, -0.05) is 5.16 Å². The number of aryl methyl sites for hydroxylation is 1. The van der Waals surface area contributed by atoms with Gasteiger partial charge in [0.25, 0.3) is 0 Å². The van der Waals surface area contributed by atoms with Crippen LogP contribution in [0, 0.1) is 6.92 Å². The van der Waals surface area contributed by atoms with Gasteiger partial charge in [-0.2, -0.15) is 4.98 Å². The minimum Gasteiger partial charge on any atom is -0.369 e. The van der Waals surface area contributed by atoms with Crippen LogP contribution in [0.3, 0.4) is 0 Å². The Hall–Kier alpha value is -2.87. The van der Waals surface area contributed by atoms with Crippen LogP contribution in [0.15, 0.2) is 35.1 Å². The molecule has 0 unspecified atom stereocenters. The summed E-state index contributed by atoms with van der Waals surface area (Å²) in [6.07, 6.45) is 3.99. The van der Waals surface area contributed by atoms with Crippen molar-refractivity contribution in [1.82, 2.24) is 25.1 Å². The lowest BCUT2D eigenvalue weighted by Crippen LogP contribution is -2.10. The van der Waals surface area contributed by atoms with Gasteiger partial charge in [0.2, 0.25) is 11.7 Å². The summed E-state index contributed by atoms with van der Waals surface area (Å²) in [5.41, 5.74) is 7.24. The molecule has 118 valence electrons. The zero-order chi connectivity index (χ0) is 16.1. The van der Waals surface area contributed by atoms with E-state index in [1.54, 1.807) is 12.4 Å². The molecule has 8 heteroatoms. The Kier molecular flexibility index (Phi) is 4.53. The zero-order valence-corrected chi connectivity index (χ0v) is 12.7. The van der Waals surface area contributed by atoms with Gasteiger partial charge in [-0.3, -0.25) is 4.98 Å². The molecule has 0 saturated carbocycles. The molecule has 3 rings (SSSR count). The summed E-state index contributed by atoms with van der Waals surface area (Å²) < 4.78 is 5.24. The molecule has 3 heterocycles. The molecule has 8 nitrogen and oxygen atoms in total. The van der Waals surface area contributed by atoms with E-state index in [2.05, 4.69) is 30.4 Å². The Balaban J connectivity index is 1.59. The first-order valence-corrected chi connectivity index (χ1v) is 7.26. The van der Waals surface area contributed by atoms with Crippen molar-refractivity contribution < 1.29 is 4.52 Å². The average molecular weight is 311 g/mol. The first-order valence-electron chi connectivity index (χ1n) is 7.26. The van der Waals surface area contributed by atoms with E-state index in [0.29, 0.717) is 37.0 Å². The highest BCUT2D eigenvalue weighted by Gasteiger charge is 2.08. The number of nitrogens with one attached hydrogen (secondary N) is 1. The molecule has 0 saturated heterocycles. The predicted octanol–water partition coefficient (Wildman–Crippen LogP) is 1.34. The fraction of sp³-hybridized carbons (Fsp3) is 0.267. The van der Waals surface area contributed by atoms with Crippen LogP contribution in [0.1, 0.15) is 17.4 Å². The maximum atomic E-state index is 5.61. The maximum Gasteiger partial charge on any atom is 0.228 e. The Labute approximate surface area is 133 Å². The second-order valence-corrected chi connectivity index (χ2v) is 4.93. The molecule has 0 aliphatic rings. The molecule has 3 N–H and O–H groups in total. The average Bonchev–Trinajstić information content (AvgIpc) is 3.04. The topological polar surface area (TPSA) is 116 Å². The van der Waals surface area contributed by atoms with Gasteiger partial charge in [0.05, 0.1) is 5.69 Å². The molecular weight excluding hydrogens is 294 g/mol. The zero-order valence-electron chi connectivity index (χ0n) is 12.7. The highest BCUT2D eigenvalue weighted by atomic mass is 16.5. The molecule has 0 bridgehead atoms. The summed E-state index contributed by atoms with van der Waals surface area (Å²) in [4.78, 5) is 16.9. The quantitative estimate of drug-likeness (QED) is 0.700. The molecule has 0 amide bonds. The molecule has 0 aromatic carbocycles. The van der Waals surface area contributed by atoms with Crippen LogP contribution >= 0.6 is 0 Å². The normalized spacial score (nSPS) is 10.7. The van der Waals surface area contributed by atoms with Crippen molar-refractivity contribution in [2.45, 2.75) is 19.9 Å². The number of nitrogens with zero attached hydrogens (tertiary/aromatic N) is 5. The van der Waals surface area contributed by atoms with Gasteiger partial charge >= 0.3 is 0 Å². The van der Waals surface area contributed by atoms with Crippen LogP contribution in [0.25, 0.3) is 11.4 Å². The highest BCUT2D eigenvalue weighted by Crippen LogP contribution is 2.14. The summed E-state index contributed by atoms with van der Waals surface area (Å²) in [5, 5.41) is 7.17. The van der Waals surface area contributed by atoms with Gasteiger partial charge in [0.15, 0.2) is 0 Å². The molecule has 0 aliphatic heterocycles. The minimum atomic E-state index is 0.385. The summed E-state index contributed by atoms with van der Waals surface area (Å²) in [7, 11) is 0. The summed E-state index contributed by atoms with van der Waals surface area (Å²) >= 11 is 0. The van der Waals surface area contributed by atoms with E-state index in [1.807, 2.05) is 25.1 Å². The molecule has 0 fully saturated rings. The maximum absolute atomic E-state index is 5.61. The lowest BCUT2D eigenvalue weighted by Gasteiger charge is -2.06. The lowest BCUT2D eigenvalue weighted by atomic mass is 10.3. The largest absolute Gasteiger partial charge is 0.369 e. The molecule has 23 heavy (non-hydrogen) atoms. The van der Waals surface area contributed by atoms with Crippen molar-refractivity contribution in [2.75, 3.05) is 11.9 Å². The first-order chi connectivity index (χ1) is 11.2. The second kappa shape index (κ2) is 6.93. The number of anilines is 1. The van der Waals surface area contributed by atoms with Crippen LogP contribution < -0.4 is 11.1 Å². The smallest absolute Gasteiger partial charge is 0.228 e. The van der Waals surface area contributed by atoms with E-state index in [9.17, 15) is 0 Å². The van der Waals surface area contributed by atoms with E-state index < -0.39 is 0 Å². The second-order valence-electron chi connectivity index (χ2n) is 4.93. The Morgan fingerprint density at radius 3 is 2.96 bits per heavy atom. The van der Waals surface area contributed by atoms with Crippen LogP contribution in [-0.2, 0) is 13.0 Å². The molecular formula is C15H17N7O. The Bertz CT molecular complexity index is 773. The predicted molar refractivity (Wildman–Crippen MR) is 84.4 cm³/mol. The van der Waals surface area contributed by atoms with Crippen LogP contribution in [0.2, 0.25) is 0 Å². The third-order valence-electron chi connectivity index (χ3n) is 3.13. The van der Waals surface area contributed by atoms with E-state index in [0.717, 1.165) is 17.1 Å². The highest BCUT2D eigenvalue weighted by molar-refractivity contribution is 5.51. The number of hydrogen-bond donors (Lipinski definition) is 2. The summed E-state index contributed by atoms with van der Waals surface area (Å²) in [5.74, 6) is 2.52. The van der Waals surface area contributed by atoms with Gasteiger partial charge in [0, 0.05) is 43.5 Å². The Morgan fingerprint density at radius 1 is 1.26 bits per heavy atom. The number of rotatable bonds is 6. The number of pyridine rings is 1. The van der Waals surface area contributed by atoms with Crippen molar-refractivity contribution in [3.05, 3.63) is 48.0 Å². The molecule has 0 radical (unpaired) electrons. The van der Waals surface area contributed by atoms with Gasteiger partial charge in [-0.25, -0.2) is 9.97 Å². The van der Waals surface area contributed by atoms with E-state index in [1.165, 1.54) is 0 Å². The third kappa shape index (κ3) is 3.86. The fourth-order valence-corrected chi connectivity index (χ4v) is 2.09. The van der Waals surface area contributed by atoms with Crippen LogP contribution in [0.5, 0.6) is 0 Å². The van der Waals surface area contributed by atoms with Crippen LogP contribution in [-0.4, -0.2) is 31.6 Å². The molecule has 0 aliphatic carbocycles. The molecule has 0 spiro atoms. The Morgan fingerprint density at radius 2 is 2.17 bits per heavy atom. The van der Waals surface area contributed by atoms with Crippen molar-refractivity contribution in [3.63, 3.8) is 0 Å². The monoisotopic (exact) mass is 311 g/mol. The SMILES string of the molecule is Cc1nc(CN)cc(NCCc2nc(-c3cccnc3)no2)n1. The number of aromatic nitrogens is 5. The standard InChI is InChI=1S/C15H17N7O/c1-10-19-12(8-16)7-13(20-10)18-6-4-14-21-15(22-23-14)11-3-2-5-17-9-11/h2-3,5,7,9H,4,6,8,16H2,1H3,(H,18,19,20). The number of nitrogens with two attached hydrogens (primary N) is 1. The van der Waals surface area contributed by atoms with Crippen molar-refractivity contribution >= 4 is 5.82 Å². The van der Waals surface area contributed by atoms with Gasteiger partial charge in [-0.15, -0.1) is 0 Å². The van der Waals surface area contributed by atoms with Crippen LogP contribution in [0.4, 0.5) is 5.82 Å². The summed E-state index contributed by atoms with van der Waals surface area (Å²) in [6, 6.07) is 5.55. The van der Waals surface area contributed by atoms with Crippen molar-refractivity contribution in [2.24, 2.45) is 5.73 Å². The van der Waals surface area contributed by atoms with Crippen molar-refractivity contribution in [1.29, 1.82) is 0 Å². The van der Waals surface area contributed by atoms with E-state index >= 15 is 0 Å². The van der Waals surface area contributed by atoms with Gasteiger partial charge < -0.3 is 15.6 Å². The third-order valence-corrected chi connectivity index (χ3v) is 3.13. The fourth-order valence-electron chi connectivity index (χ4n) is 2.09. The summed E-state index contributed by atoms with van der Waals surface area (Å²) in [6.45, 7) is 2.84.